The number of carbonyl (C=O) groups is 1. The average molecular weight is 414 g/mol. The van der Waals surface area contributed by atoms with E-state index in [-0.39, 0.29) is 11.5 Å². The number of thioether (sulfide) groups is 1. The highest BCUT2D eigenvalue weighted by atomic mass is 32.2. The zero-order chi connectivity index (χ0) is 18.8. The molecule has 0 bridgehead atoms. The minimum Gasteiger partial charge on any atom is -0.325 e. The number of amides is 1. The first-order valence-corrected chi connectivity index (χ1v) is 10.8. The number of para-hydroxylation sites is 1. The van der Waals surface area contributed by atoms with Gasteiger partial charge in [0.15, 0.2) is 5.16 Å². The molecule has 2 N–H and O–H groups in total. The smallest absolute Gasteiger partial charge is 0.260 e. The third-order valence-electron chi connectivity index (χ3n) is 3.91. The molecule has 4 rings (SSSR count). The maximum Gasteiger partial charge on any atom is 0.260 e. The third kappa shape index (κ3) is 3.83. The standard InChI is InChI=1S/C19H15N3O2S3/c1-11(16(23)20-12-6-3-2-4-7-12)27-19-21-17(24)15-13(10-26-18(15)22-19)14-8-5-9-25-14/h2-11H,1H3,(H,20,23)(H,21,22,24)/t11-/m1/s1. The van der Waals surface area contributed by atoms with Gasteiger partial charge in [0.05, 0.1) is 10.6 Å². The number of benzene rings is 1. The summed E-state index contributed by atoms with van der Waals surface area (Å²) in [7, 11) is 0. The lowest BCUT2D eigenvalue weighted by Crippen LogP contribution is -2.23. The zero-order valence-electron chi connectivity index (χ0n) is 14.3. The van der Waals surface area contributed by atoms with Crippen molar-refractivity contribution in [2.75, 3.05) is 5.32 Å². The van der Waals surface area contributed by atoms with Crippen molar-refractivity contribution in [3.63, 3.8) is 0 Å². The van der Waals surface area contributed by atoms with Crippen molar-refractivity contribution in [3.05, 3.63) is 63.6 Å². The Morgan fingerprint density at radius 2 is 2.00 bits per heavy atom. The Balaban J connectivity index is 1.56. The number of aromatic nitrogens is 2. The predicted molar refractivity (Wildman–Crippen MR) is 114 cm³/mol. The molecule has 0 unspecified atom stereocenters. The van der Waals surface area contributed by atoms with Crippen molar-refractivity contribution >= 4 is 56.2 Å². The highest BCUT2D eigenvalue weighted by molar-refractivity contribution is 8.00. The summed E-state index contributed by atoms with van der Waals surface area (Å²) >= 11 is 4.27. The molecule has 4 aromatic rings. The Morgan fingerprint density at radius 3 is 2.74 bits per heavy atom. The van der Waals surface area contributed by atoms with Gasteiger partial charge in [-0.1, -0.05) is 36.0 Å². The third-order valence-corrected chi connectivity index (χ3v) is 6.67. The monoisotopic (exact) mass is 413 g/mol. The zero-order valence-corrected chi connectivity index (χ0v) is 16.7. The number of hydrogen-bond donors (Lipinski definition) is 2. The van der Waals surface area contributed by atoms with Gasteiger partial charge in [0.1, 0.15) is 4.83 Å². The first-order valence-electron chi connectivity index (χ1n) is 8.20. The van der Waals surface area contributed by atoms with Gasteiger partial charge >= 0.3 is 0 Å². The molecule has 0 aliphatic carbocycles. The molecule has 1 amide bonds. The number of nitrogens with zero attached hydrogens (tertiary/aromatic N) is 1. The van der Waals surface area contributed by atoms with E-state index in [1.165, 1.54) is 23.1 Å². The molecule has 0 spiro atoms. The van der Waals surface area contributed by atoms with Crippen molar-refractivity contribution in [2.24, 2.45) is 0 Å². The van der Waals surface area contributed by atoms with Crippen LogP contribution in [-0.4, -0.2) is 21.1 Å². The van der Waals surface area contributed by atoms with E-state index in [1.807, 2.05) is 53.2 Å². The summed E-state index contributed by atoms with van der Waals surface area (Å²) in [5.41, 5.74) is 1.47. The normalized spacial score (nSPS) is 12.2. The van der Waals surface area contributed by atoms with Crippen LogP contribution in [0.15, 0.2) is 63.2 Å². The molecule has 0 saturated carbocycles. The summed E-state index contributed by atoms with van der Waals surface area (Å²) in [5.74, 6) is -0.139. The highest BCUT2D eigenvalue weighted by Crippen LogP contribution is 2.34. The summed E-state index contributed by atoms with van der Waals surface area (Å²) in [5, 5.41) is 7.45. The molecule has 1 atom stereocenters. The SMILES string of the molecule is C[C@@H](Sc1nc2scc(-c3cccs3)c2c(=O)[nH]1)C(=O)Nc1ccccc1. The van der Waals surface area contributed by atoms with Gasteiger partial charge in [-0.2, -0.15) is 0 Å². The van der Waals surface area contributed by atoms with Crippen LogP contribution >= 0.6 is 34.4 Å². The molecule has 3 heterocycles. The molecule has 1 aromatic carbocycles. The lowest BCUT2D eigenvalue weighted by molar-refractivity contribution is -0.115. The van der Waals surface area contributed by atoms with Crippen molar-refractivity contribution in [1.29, 1.82) is 0 Å². The minimum atomic E-state index is -0.400. The number of fused-ring (bicyclic) bond motifs is 1. The molecule has 27 heavy (non-hydrogen) atoms. The number of hydrogen-bond acceptors (Lipinski definition) is 6. The minimum absolute atomic E-state index is 0.139. The number of H-pyrrole nitrogens is 1. The Kier molecular flexibility index (Phi) is 5.11. The number of rotatable bonds is 5. The van der Waals surface area contributed by atoms with E-state index in [0.717, 1.165) is 16.1 Å². The van der Waals surface area contributed by atoms with Crippen LogP contribution in [0.2, 0.25) is 0 Å². The van der Waals surface area contributed by atoms with Crippen molar-refractivity contribution < 1.29 is 4.79 Å². The second-order valence-electron chi connectivity index (χ2n) is 5.79. The molecule has 0 saturated heterocycles. The van der Waals surface area contributed by atoms with Gasteiger partial charge in [0.2, 0.25) is 5.91 Å². The van der Waals surface area contributed by atoms with Gasteiger partial charge in [-0.3, -0.25) is 9.59 Å². The summed E-state index contributed by atoms with van der Waals surface area (Å²) in [6.45, 7) is 1.79. The van der Waals surface area contributed by atoms with E-state index >= 15 is 0 Å². The fourth-order valence-electron chi connectivity index (χ4n) is 2.58. The quantitative estimate of drug-likeness (QED) is 0.363. The molecule has 0 aliphatic heterocycles. The highest BCUT2D eigenvalue weighted by Gasteiger charge is 2.18. The summed E-state index contributed by atoms with van der Waals surface area (Å²) in [6, 6.07) is 13.2. The number of aromatic amines is 1. The lowest BCUT2D eigenvalue weighted by Gasteiger charge is -2.11. The van der Waals surface area contributed by atoms with E-state index in [9.17, 15) is 9.59 Å². The van der Waals surface area contributed by atoms with Crippen LogP contribution in [0.4, 0.5) is 5.69 Å². The van der Waals surface area contributed by atoms with Gasteiger partial charge in [-0.05, 0) is 30.5 Å². The number of thiophene rings is 2. The molecule has 3 aromatic heterocycles. The van der Waals surface area contributed by atoms with E-state index in [4.69, 9.17) is 0 Å². The lowest BCUT2D eigenvalue weighted by atomic mass is 10.2. The van der Waals surface area contributed by atoms with Gasteiger partial charge in [0, 0.05) is 21.5 Å². The molecule has 0 radical (unpaired) electrons. The van der Waals surface area contributed by atoms with Crippen LogP contribution in [0.3, 0.4) is 0 Å². The van der Waals surface area contributed by atoms with Crippen molar-refractivity contribution in [1.82, 2.24) is 9.97 Å². The van der Waals surface area contributed by atoms with Gasteiger partial charge in [0.25, 0.3) is 5.56 Å². The maximum absolute atomic E-state index is 12.6. The van der Waals surface area contributed by atoms with Crippen LogP contribution in [0.5, 0.6) is 0 Å². The van der Waals surface area contributed by atoms with Crippen LogP contribution in [0, 0.1) is 0 Å². The molecule has 0 aliphatic rings. The topological polar surface area (TPSA) is 74.8 Å². The average Bonchev–Trinajstić information content (AvgIpc) is 3.31. The number of carbonyl (C=O) groups excluding carboxylic acids is 1. The van der Waals surface area contributed by atoms with Gasteiger partial charge < -0.3 is 10.3 Å². The van der Waals surface area contributed by atoms with Crippen molar-refractivity contribution in [2.45, 2.75) is 17.3 Å². The molecular weight excluding hydrogens is 398 g/mol. The van der Waals surface area contributed by atoms with Crippen LogP contribution in [-0.2, 0) is 4.79 Å². The number of nitrogens with one attached hydrogen (secondary N) is 2. The first kappa shape index (κ1) is 18.0. The van der Waals surface area contributed by atoms with E-state index in [1.54, 1.807) is 18.3 Å². The van der Waals surface area contributed by atoms with Crippen LogP contribution in [0.25, 0.3) is 20.7 Å². The van der Waals surface area contributed by atoms with E-state index < -0.39 is 5.25 Å². The van der Waals surface area contributed by atoms with E-state index in [0.29, 0.717) is 15.4 Å². The van der Waals surface area contributed by atoms with Crippen LogP contribution < -0.4 is 10.9 Å². The fraction of sp³-hybridized carbons (Fsp3) is 0.105. The maximum atomic E-state index is 12.6. The Labute approximate surface area is 167 Å². The van der Waals surface area contributed by atoms with Crippen molar-refractivity contribution in [3.8, 4) is 10.4 Å². The van der Waals surface area contributed by atoms with Gasteiger partial charge in [-0.15, -0.1) is 22.7 Å². The Bertz CT molecular complexity index is 1130. The molecule has 8 heteroatoms. The second-order valence-corrected chi connectivity index (χ2v) is 8.93. The summed E-state index contributed by atoms with van der Waals surface area (Å²) < 4.78 is 0. The predicted octanol–water partition coefficient (Wildman–Crippen LogP) is 4.83. The molecule has 0 fully saturated rings. The van der Waals surface area contributed by atoms with Gasteiger partial charge in [-0.25, -0.2) is 4.98 Å². The largest absolute Gasteiger partial charge is 0.325 e. The Hall–Kier alpha value is -2.42. The first-order chi connectivity index (χ1) is 13.1. The second kappa shape index (κ2) is 7.67. The number of anilines is 1. The van der Waals surface area contributed by atoms with E-state index in [2.05, 4.69) is 15.3 Å². The molecule has 136 valence electrons. The Morgan fingerprint density at radius 1 is 1.19 bits per heavy atom. The summed E-state index contributed by atoms with van der Waals surface area (Å²) in [4.78, 5) is 34.1. The van der Waals surface area contributed by atoms with Crippen LogP contribution in [0.1, 0.15) is 6.92 Å². The molecular formula is C19H15N3O2S3. The molecule has 5 nitrogen and oxygen atoms in total. The fourth-order valence-corrected chi connectivity index (χ4v) is 5.20. The summed E-state index contributed by atoms with van der Waals surface area (Å²) in [6.07, 6.45) is 0.